The molecule has 1 amide bonds. The van der Waals surface area contributed by atoms with E-state index in [4.69, 9.17) is 18.0 Å². The molecule has 0 aromatic rings. The van der Waals surface area contributed by atoms with Crippen molar-refractivity contribution in [2.45, 2.75) is 39.2 Å². The zero-order valence-electron chi connectivity index (χ0n) is 11.9. The fraction of sp³-hybridized carbons (Fsp3) is 0.846. The highest BCUT2D eigenvalue weighted by Gasteiger charge is 2.39. The first-order valence-electron chi connectivity index (χ1n) is 6.58. The normalized spacial score (nSPS) is 24.3. The first kappa shape index (κ1) is 15.4. The lowest BCUT2D eigenvalue weighted by Crippen LogP contribution is -2.54. The molecule has 0 aromatic carbocycles. The number of nitrogens with zero attached hydrogens (tertiary/aromatic N) is 2. The molecule has 4 nitrogen and oxygen atoms in total. The molecule has 1 saturated heterocycles. The second-order valence-electron chi connectivity index (χ2n) is 5.52. The fourth-order valence-corrected chi connectivity index (χ4v) is 2.67. The average Bonchev–Trinajstić information content (AvgIpc) is 2.35. The van der Waals surface area contributed by atoms with E-state index >= 15 is 0 Å². The van der Waals surface area contributed by atoms with Crippen LogP contribution in [0.3, 0.4) is 0 Å². The number of piperidine rings is 1. The van der Waals surface area contributed by atoms with Gasteiger partial charge in [0, 0.05) is 19.6 Å². The SMILES string of the molecule is CCC(C)(C(=O)N(C)C1CCCN(C)C1)C(N)=S. The summed E-state index contributed by atoms with van der Waals surface area (Å²) < 4.78 is 0. The molecular formula is C13H25N3OS. The predicted octanol–water partition coefficient (Wildman–Crippen LogP) is 1.24. The number of hydrogen-bond donors (Lipinski definition) is 1. The Labute approximate surface area is 115 Å². The molecule has 1 heterocycles. The summed E-state index contributed by atoms with van der Waals surface area (Å²) in [5.41, 5.74) is 5.04. The minimum Gasteiger partial charge on any atom is -0.392 e. The second-order valence-corrected chi connectivity index (χ2v) is 5.96. The molecule has 1 aliphatic rings. The Morgan fingerprint density at radius 1 is 1.61 bits per heavy atom. The van der Waals surface area contributed by atoms with Gasteiger partial charge in [-0.3, -0.25) is 4.79 Å². The summed E-state index contributed by atoms with van der Waals surface area (Å²) in [6.45, 7) is 5.84. The van der Waals surface area contributed by atoms with Crippen LogP contribution in [-0.4, -0.2) is 53.9 Å². The van der Waals surface area contributed by atoms with Gasteiger partial charge in [0.2, 0.25) is 5.91 Å². The van der Waals surface area contributed by atoms with Crippen LogP contribution in [0.25, 0.3) is 0 Å². The number of hydrogen-bond acceptors (Lipinski definition) is 3. The highest BCUT2D eigenvalue weighted by atomic mass is 32.1. The van der Waals surface area contributed by atoms with Gasteiger partial charge in [-0.25, -0.2) is 0 Å². The Morgan fingerprint density at radius 3 is 2.67 bits per heavy atom. The monoisotopic (exact) mass is 271 g/mol. The third kappa shape index (κ3) is 3.01. The van der Waals surface area contributed by atoms with Crippen molar-refractivity contribution in [2.75, 3.05) is 27.2 Å². The first-order valence-corrected chi connectivity index (χ1v) is 6.99. The van der Waals surface area contributed by atoms with E-state index in [1.54, 1.807) is 0 Å². The molecule has 2 N–H and O–H groups in total. The lowest BCUT2D eigenvalue weighted by atomic mass is 9.85. The van der Waals surface area contributed by atoms with Crippen molar-refractivity contribution in [2.24, 2.45) is 11.1 Å². The summed E-state index contributed by atoms with van der Waals surface area (Å²) in [6.07, 6.45) is 2.84. The predicted molar refractivity (Wildman–Crippen MR) is 78.5 cm³/mol. The molecule has 5 heteroatoms. The van der Waals surface area contributed by atoms with Gasteiger partial charge in [-0.1, -0.05) is 19.1 Å². The molecule has 0 radical (unpaired) electrons. The Hall–Kier alpha value is -0.680. The molecule has 1 aliphatic heterocycles. The van der Waals surface area contributed by atoms with Gasteiger partial charge < -0.3 is 15.5 Å². The standard InChI is InChI=1S/C13H25N3OS/c1-5-13(2,11(14)18)12(17)16(4)10-7-6-8-15(3)9-10/h10H,5-9H2,1-4H3,(H2,14,18). The van der Waals surface area contributed by atoms with E-state index in [9.17, 15) is 4.79 Å². The van der Waals surface area contributed by atoms with Crippen LogP contribution in [0.1, 0.15) is 33.1 Å². The molecular weight excluding hydrogens is 246 g/mol. The Bertz CT molecular complexity index is 334. The van der Waals surface area contributed by atoms with E-state index in [0.29, 0.717) is 11.4 Å². The van der Waals surface area contributed by atoms with E-state index in [2.05, 4.69) is 11.9 Å². The van der Waals surface area contributed by atoms with Crippen molar-refractivity contribution in [3.8, 4) is 0 Å². The average molecular weight is 271 g/mol. The maximum atomic E-state index is 12.6. The Kier molecular flexibility index (Phi) is 5.10. The molecule has 104 valence electrons. The van der Waals surface area contributed by atoms with Crippen LogP contribution >= 0.6 is 12.2 Å². The minimum atomic E-state index is -0.708. The third-order valence-electron chi connectivity index (χ3n) is 4.19. The van der Waals surface area contributed by atoms with Gasteiger partial charge in [0.1, 0.15) is 0 Å². The van der Waals surface area contributed by atoms with Crippen LogP contribution in [0, 0.1) is 5.41 Å². The van der Waals surface area contributed by atoms with Crippen molar-refractivity contribution >= 4 is 23.1 Å². The van der Waals surface area contributed by atoms with Crippen LogP contribution in [0.4, 0.5) is 0 Å². The number of carbonyl (C=O) groups is 1. The van der Waals surface area contributed by atoms with Crippen LogP contribution < -0.4 is 5.73 Å². The molecule has 1 rings (SSSR count). The lowest BCUT2D eigenvalue weighted by Gasteiger charge is -2.39. The van der Waals surface area contributed by atoms with Crippen molar-refractivity contribution in [1.29, 1.82) is 0 Å². The summed E-state index contributed by atoms with van der Waals surface area (Å²) >= 11 is 5.07. The van der Waals surface area contributed by atoms with Crippen LogP contribution in [0.2, 0.25) is 0 Å². The molecule has 0 saturated carbocycles. The number of thiocarbonyl (C=S) groups is 1. The molecule has 18 heavy (non-hydrogen) atoms. The molecule has 2 atom stereocenters. The van der Waals surface area contributed by atoms with E-state index in [1.807, 2.05) is 25.8 Å². The number of rotatable bonds is 4. The Balaban J connectivity index is 2.79. The number of likely N-dealkylation sites (N-methyl/N-ethyl adjacent to an activating group) is 2. The Morgan fingerprint density at radius 2 is 2.22 bits per heavy atom. The van der Waals surface area contributed by atoms with Gasteiger partial charge in [-0.2, -0.15) is 0 Å². The topological polar surface area (TPSA) is 49.6 Å². The zero-order valence-corrected chi connectivity index (χ0v) is 12.7. The highest BCUT2D eigenvalue weighted by Crippen LogP contribution is 2.26. The fourth-order valence-electron chi connectivity index (χ4n) is 2.44. The quantitative estimate of drug-likeness (QED) is 0.782. The second kappa shape index (κ2) is 5.97. The maximum Gasteiger partial charge on any atom is 0.235 e. The van der Waals surface area contributed by atoms with Crippen LogP contribution in [0.5, 0.6) is 0 Å². The van der Waals surface area contributed by atoms with Crippen molar-refractivity contribution in [1.82, 2.24) is 9.80 Å². The molecule has 0 spiro atoms. The summed E-state index contributed by atoms with van der Waals surface area (Å²) in [5.74, 6) is 0.0535. The van der Waals surface area contributed by atoms with Gasteiger partial charge in [0.15, 0.2) is 0 Å². The number of nitrogens with two attached hydrogens (primary N) is 1. The van der Waals surface area contributed by atoms with Crippen molar-refractivity contribution < 1.29 is 4.79 Å². The highest BCUT2D eigenvalue weighted by molar-refractivity contribution is 7.80. The van der Waals surface area contributed by atoms with Gasteiger partial charge >= 0.3 is 0 Å². The summed E-state index contributed by atoms with van der Waals surface area (Å²) in [4.78, 5) is 17.0. The van der Waals surface area contributed by atoms with E-state index in [0.717, 1.165) is 25.9 Å². The summed E-state index contributed by atoms with van der Waals surface area (Å²) in [7, 11) is 3.97. The number of likely N-dealkylation sites (tertiary alicyclic amines) is 1. The molecule has 0 aromatic heterocycles. The van der Waals surface area contributed by atoms with Gasteiger partial charge in [0.05, 0.1) is 10.4 Å². The largest absolute Gasteiger partial charge is 0.392 e. The van der Waals surface area contributed by atoms with E-state index in [-0.39, 0.29) is 11.9 Å². The van der Waals surface area contributed by atoms with Gasteiger partial charge in [-0.05, 0) is 39.8 Å². The van der Waals surface area contributed by atoms with Crippen LogP contribution in [-0.2, 0) is 4.79 Å². The smallest absolute Gasteiger partial charge is 0.235 e. The first-order chi connectivity index (χ1) is 8.32. The summed E-state index contributed by atoms with van der Waals surface area (Å²) in [5, 5.41) is 0. The minimum absolute atomic E-state index is 0.0535. The summed E-state index contributed by atoms with van der Waals surface area (Å²) in [6, 6.07) is 0.275. The van der Waals surface area contributed by atoms with E-state index < -0.39 is 5.41 Å². The maximum absolute atomic E-state index is 12.6. The lowest BCUT2D eigenvalue weighted by molar-refractivity contribution is -0.139. The molecule has 0 bridgehead atoms. The zero-order chi connectivity index (χ0) is 13.9. The van der Waals surface area contributed by atoms with Crippen molar-refractivity contribution in [3.05, 3.63) is 0 Å². The van der Waals surface area contributed by atoms with Crippen LogP contribution in [0.15, 0.2) is 0 Å². The third-order valence-corrected chi connectivity index (χ3v) is 4.64. The molecule has 0 aliphatic carbocycles. The molecule has 1 fully saturated rings. The number of amides is 1. The van der Waals surface area contributed by atoms with E-state index in [1.165, 1.54) is 0 Å². The van der Waals surface area contributed by atoms with Gasteiger partial charge in [-0.15, -0.1) is 0 Å². The molecule has 2 unspecified atom stereocenters. The number of carbonyl (C=O) groups excluding carboxylic acids is 1. The van der Waals surface area contributed by atoms with Gasteiger partial charge in [0.25, 0.3) is 0 Å². The van der Waals surface area contributed by atoms with Crippen molar-refractivity contribution in [3.63, 3.8) is 0 Å².